The summed E-state index contributed by atoms with van der Waals surface area (Å²) in [6.07, 6.45) is 5.48. The molecule has 9 heteroatoms. The first-order valence-electron chi connectivity index (χ1n) is 12.3. The van der Waals surface area contributed by atoms with Crippen molar-refractivity contribution in [1.29, 1.82) is 0 Å². The van der Waals surface area contributed by atoms with Crippen LogP contribution in [0.15, 0.2) is 58.0 Å². The van der Waals surface area contributed by atoms with Crippen LogP contribution in [0.25, 0.3) is 11.0 Å². The smallest absolute Gasteiger partial charge is 0.411 e. The number of nitrogens with zero attached hydrogens (tertiary/aromatic N) is 2. The molecule has 0 saturated carbocycles. The molecule has 5 rings (SSSR count). The van der Waals surface area contributed by atoms with Crippen molar-refractivity contribution in [2.24, 2.45) is 5.92 Å². The zero-order chi connectivity index (χ0) is 25.4. The fourth-order valence-electron chi connectivity index (χ4n) is 5.44. The van der Waals surface area contributed by atoms with E-state index in [1.165, 1.54) is 4.90 Å². The van der Waals surface area contributed by atoms with Gasteiger partial charge in [-0.05, 0) is 43.4 Å². The van der Waals surface area contributed by atoms with E-state index in [9.17, 15) is 14.4 Å². The second-order valence-corrected chi connectivity index (χ2v) is 9.56. The molecule has 4 heterocycles. The first-order valence-corrected chi connectivity index (χ1v) is 12.3. The number of likely N-dealkylation sites (tertiary alicyclic amines) is 1. The largest absolute Gasteiger partial charge is 0.472 e. The van der Waals surface area contributed by atoms with Crippen molar-refractivity contribution in [3.8, 4) is 0 Å². The molecule has 2 saturated heterocycles. The van der Waals surface area contributed by atoms with Gasteiger partial charge in [0.1, 0.15) is 24.3 Å². The van der Waals surface area contributed by atoms with Crippen LogP contribution in [-0.2, 0) is 25.5 Å². The number of aryl methyl sites for hydroxylation is 1. The molecule has 0 N–H and O–H groups in total. The lowest BCUT2D eigenvalue weighted by atomic mass is 9.83. The first-order chi connectivity index (χ1) is 17.4. The lowest BCUT2D eigenvalue weighted by Gasteiger charge is -2.54. The third-order valence-electron chi connectivity index (χ3n) is 7.08. The number of fused-ring (bicyclic) bond motifs is 1. The average Bonchev–Trinajstić information content (AvgIpc) is 3.61. The van der Waals surface area contributed by atoms with Crippen molar-refractivity contribution >= 4 is 28.9 Å². The summed E-state index contributed by atoms with van der Waals surface area (Å²) in [5, 5.41) is 0.909. The summed E-state index contributed by atoms with van der Waals surface area (Å²) in [5.41, 5.74) is 2.43. The van der Waals surface area contributed by atoms with Crippen molar-refractivity contribution < 1.29 is 32.7 Å². The predicted octanol–water partition coefficient (Wildman–Crippen LogP) is 4.32. The Morgan fingerprint density at radius 3 is 2.72 bits per heavy atom. The van der Waals surface area contributed by atoms with Crippen molar-refractivity contribution in [3.05, 3.63) is 60.2 Å². The van der Waals surface area contributed by atoms with Crippen LogP contribution in [-0.4, -0.2) is 59.1 Å². The van der Waals surface area contributed by atoms with E-state index in [4.69, 9.17) is 18.3 Å². The minimum absolute atomic E-state index is 0.113. The lowest BCUT2D eigenvalue weighted by molar-refractivity contribution is -0.176. The highest BCUT2D eigenvalue weighted by Gasteiger charge is 2.59. The molecule has 0 bridgehead atoms. The molecular weight excluding hydrogens is 464 g/mol. The van der Waals surface area contributed by atoms with Crippen LogP contribution in [0, 0.1) is 5.92 Å². The Morgan fingerprint density at radius 1 is 1.17 bits per heavy atom. The Balaban J connectivity index is 1.49. The zero-order valence-corrected chi connectivity index (χ0v) is 20.6. The second-order valence-electron chi connectivity index (χ2n) is 9.56. The molecule has 2 fully saturated rings. The van der Waals surface area contributed by atoms with Gasteiger partial charge in [0.15, 0.2) is 0 Å². The number of β-lactam (4-membered cyclic amide) rings is 1. The van der Waals surface area contributed by atoms with E-state index < -0.39 is 36.2 Å². The Labute approximate surface area is 208 Å². The number of hydrogen-bond donors (Lipinski definition) is 0. The molecule has 2 amide bonds. The van der Waals surface area contributed by atoms with Gasteiger partial charge < -0.3 is 23.2 Å². The molecule has 9 nitrogen and oxygen atoms in total. The maximum atomic E-state index is 13.7. The molecule has 1 aromatic carbocycles. The highest BCUT2D eigenvalue weighted by Crippen LogP contribution is 2.41. The molecule has 3 aromatic rings. The standard InChI is InChI=1S/C27H30N2O7/c1-4-34-26(31)22(16(2)3)28-20(9-8-17-10-12-33-14-17)23(25(28)30)29-21(15-36-27(29)32)19-7-5-6-18-11-13-35-24(18)19/h5-7,10-14,16,20-23H,4,8-9,15H2,1-3H3/t20?,21-,22-,23?/m1/s1. The van der Waals surface area contributed by atoms with Crippen LogP contribution >= 0.6 is 0 Å². The number of carbonyl (C=O) groups excluding carboxylic acids is 3. The summed E-state index contributed by atoms with van der Waals surface area (Å²) < 4.78 is 21.7. The van der Waals surface area contributed by atoms with Gasteiger partial charge in [0.25, 0.3) is 0 Å². The number of rotatable bonds is 9. The van der Waals surface area contributed by atoms with Gasteiger partial charge in [-0.3, -0.25) is 9.69 Å². The van der Waals surface area contributed by atoms with Gasteiger partial charge in [0.05, 0.1) is 37.5 Å². The summed E-state index contributed by atoms with van der Waals surface area (Å²) >= 11 is 0. The van der Waals surface area contributed by atoms with Gasteiger partial charge in [-0.1, -0.05) is 32.0 Å². The normalized spacial score (nSPS) is 22.7. The number of carbonyl (C=O) groups is 3. The van der Waals surface area contributed by atoms with Gasteiger partial charge in [-0.15, -0.1) is 0 Å². The van der Waals surface area contributed by atoms with Crippen LogP contribution in [0.3, 0.4) is 0 Å². The average molecular weight is 495 g/mol. The zero-order valence-electron chi connectivity index (χ0n) is 20.6. The van der Waals surface area contributed by atoms with Gasteiger partial charge in [0, 0.05) is 10.9 Å². The van der Waals surface area contributed by atoms with Gasteiger partial charge in [-0.2, -0.15) is 0 Å². The topological polar surface area (TPSA) is 102 Å². The second kappa shape index (κ2) is 9.72. The minimum atomic E-state index is -0.766. The third kappa shape index (κ3) is 4.02. The Hall–Kier alpha value is -3.75. The molecular formula is C27H30N2O7. The predicted molar refractivity (Wildman–Crippen MR) is 129 cm³/mol. The highest BCUT2D eigenvalue weighted by molar-refractivity contribution is 5.96. The molecule has 0 aliphatic carbocycles. The number of esters is 1. The molecule has 0 radical (unpaired) electrons. The van der Waals surface area contributed by atoms with Crippen molar-refractivity contribution in [3.63, 3.8) is 0 Å². The van der Waals surface area contributed by atoms with E-state index in [-0.39, 0.29) is 25.0 Å². The van der Waals surface area contributed by atoms with Gasteiger partial charge in [-0.25, -0.2) is 9.59 Å². The van der Waals surface area contributed by atoms with Crippen molar-refractivity contribution in [1.82, 2.24) is 9.80 Å². The van der Waals surface area contributed by atoms with Gasteiger partial charge in [0.2, 0.25) is 5.91 Å². The summed E-state index contributed by atoms with van der Waals surface area (Å²) in [5.74, 6) is -0.883. The molecule has 190 valence electrons. The van der Waals surface area contributed by atoms with E-state index in [1.54, 1.807) is 30.6 Å². The quantitative estimate of drug-likeness (QED) is 0.322. The number of amides is 2. The number of hydrogen-bond acceptors (Lipinski definition) is 7. The van der Waals surface area contributed by atoms with Crippen LogP contribution in [0.1, 0.15) is 44.4 Å². The first kappa shape index (κ1) is 24.0. The minimum Gasteiger partial charge on any atom is -0.472 e. The molecule has 2 aromatic heterocycles. The number of para-hydroxylation sites is 1. The fourth-order valence-corrected chi connectivity index (χ4v) is 5.44. The van der Waals surface area contributed by atoms with Crippen molar-refractivity contribution in [2.45, 2.75) is 57.8 Å². The maximum Gasteiger partial charge on any atom is 0.411 e. The number of furan rings is 2. The van der Waals surface area contributed by atoms with E-state index >= 15 is 0 Å². The summed E-state index contributed by atoms with van der Waals surface area (Å²) in [6, 6.07) is 7.06. The Kier molecular flexibility index (Phi) is 6.47. The summed E-state index contributed by atoms with van der Waals surface area (Å²) in [4.78, 5) is 42.8. The van der Waals surface area contributed by atoms with Crippen LogP contribution < -0.4 is 0 Å². The van der Waals surface area contributed by atoms with E-state index in [1.807, 2.05) is 44.2 Å². The lowest BCUT2D eigenvalue weighted by Crippen LogP contribution is -2.75. The molecule has 36 heavy (non-hydrogen) atoms. The molecule has 4 atom stereocenters. The Bertz CT molecular complexity index is 1250. The Morgan fingerprint density at radius 2 is 2.00 bits per heavy atom. The third-order valence-corrected chi connectivity index (χ3v) is 7.08. The summed E-state index contributed by atoms with van der Waals surface area (Å²) in [7, 11) is 0. The monoisotopic (exact) mass is 494 g/mol. The molecule has 2 aliphatic rings. The van der Waals surface area contributed by atoms with Crippen LogP contribution in [0.5, 0.6) is 0 Å². The highest BCUT2D eigenvalue weighted by atomic mass is 16.6. The number of cyclic esters (lactones) is 1. The van der Waals surface area contributed by atoms with Crippen molar-refractivity contribution in [2.75, 3.05) is 13.2 Å². The number of ether oxygens (including phenoxy) is 2. The van der Waals surface area contributed by atoms with Gasteiger partial charge >= 0.3 is 12.1 Å². The van der Waals surface area contributed by atoms with E-state index in [0.717, 1.165) is 16.5 Å². The van der Waals surface area contributed by atoms with Crippen LogP contribution in [0.4, 0.5) is 4.79 Å². The van der Waals surface area contributed by atoms with Crippen LogP contribution in [0.2, 0.25) is 0 Å². The SMILES string of the molecule is CCOC(=O)[C@@H](C(C)C)N1C(=O)C(N2C(=O)OC[C@@H]2c2cccc3ccoc23)C1CCc1ccoc1. The number of benzene rings is 1. The fraction of sp³-hybridized carbons (Fsp3) is 0.444. The van der Waals surface area contributed by atoms with E-state index in [0.29, 0.717) is 18.4 Å². The molecule has 0 spiro atoms. The summed E-state index contributed by atoms with van der Waals surface area (Å²) in [6.45, 7) is 5.86. The van der Waals surface area contributed by atoms with E-state index in [2.05, 4.69) is 0 Å². The molecule has 2 unspecified atom stereocenters. The maximum absolute atomic E-state index is 13.7. The molecule has 2 aliphatic heterocycles.